The number of halogens is 1. The van der Waals surface area contributed by atoms with Gasteiger partial charge in [-0.05, 0) is 31.0 Å². The van der Waals surface area contributed by atoms with Gasteiger partial charge in [-0.2, -0.15) is 0 Å². The first-order valence-corrected chi connectivity index (χ1v) is 6.20. The molecule has 3 N–H and O–H groups in total. The van der Waals surface area contributed by atoms with Gasteiger partial charge in [0.2, 0.25) is 0 Å². The lowest BCUT2D eigenvalue weighted by molar-refractivity contribution is 0.238. The van der Waals surface area contributed by atoms with Gasteiger partial charge in [-0.1, -0.05) is 22.9 Å². The van der Waals surface area contributed by atoms with Crippen LogP contribution in [0.25, 0.3) is 0 Å². The molecule has 4 heteroatoms. The lowest BCUT2D eigenvalue weighted by Crippen LogP contribution is -2.31. The van der Waals surface area contributed by atoms with E-state index in [1.807, 2.05) is 26.0 Å². The fraction of sp³-hybridized carbons (Fsp3) is 0.500. The molecular weight excluding hydrogens is 270 g/mol. The molecule has 0 bridgehead atoms. The minimum Gasteiger partial charge on any atom is -0.507 e. The Morgan fingerprint density at radius 3 is 2.69 bits per heavy atom. The maximum Gasteiger partial charge on any atom is 0.123 e. The van der Waals surface area contributed by atoms with Crippen molar-refractivity contribution in [3.63, 3.8) is 0 Å². The first-order valence-electron chi connectivity index (χ1n) is 5.40. The summed E-state index contributed by atoms with van der Waals surface area (Å²) in [5.41, 5.74) is 1.70. The van der Waals surface area contributed by atoms with E-state index in [-0.39, 0.29) is 12.6 Å². The zero-order chi connectivity index (χ0) is 12.1. The first-order chi connectivity index (χ1) is 7.58. The maximum atomic E-state index is 9.86. The van der Waals surface area contributed by atoms with Crippen molar-refractivity contribution in [2.24, 2.45) is 0 Å². The summed E-state index contributed by atoms with van der Waals surface area (Å²) in [5.74, 6) is 0.323. The van der Waals surface area contributed by atoms with E-state index < -0.39 is 0 Å². The van der Waals surface area contributed by atoms with Crippen LogP contribution in [0, 0.1) is 6.92 Å². The molecule has 0 aromatic heterocycles. The zero-order valence-corrected chi connectivity index (χ0v) is 11.2. The molecule has 1 atom stereocenters. The molecule has 1 aromatic carbocycles. The number of aryl methyl sites for hydroxylation is 1. The molecular formula is C12H18BrNO2. The second kappa shape index (κ2) is 6.23. The molecule has 90 valence electrons. The molecule has 0 saturated heterocycles. The van der Waals surface area contributed by atoms with Crippen molar-refractivity contribution in [3.8, 4) is 5.75 Å². The molecule has 0 fully saturated rings. The van der Waals surface area contributed by atoms with Crippen molar-refractivity contribution < 1.29 is 10.2 Å². The summed E-state index contributed by atoms with van der Waals surface area (Å²) in [5, 5.41) is 22.1. The largest absolute Gasteiger partial charge is 0.507 e. The monoisotopic (exact) mass is 287 g/mol. The average molecular weight is 288 g/mol. The van der Waals surface area contributed by atoms with E-state index in [4.69, 9.17) is 5.11 Å². The van der Waals surface area contributed by atoms with Gasteiger partial charge in [0.1, 0.15) is 5.75 Å². The Balaban J connectivity index is 2.73. The van der Waals surface area contributed by atoms with Crippen LogP contribution in [0.1, 0.15) is 24.5 Å². The minimum absolute atomic E-state index is 0.0821. The Hall–Kier alpha value is -0.580. The molecule has 1 aromatic rings. The summed E-state index contributed by atoms with van der Waals surface area (Å²) in [6.45, 7) is 4.56. The van der Waals surface area contributed by atoms with Crippen LogP contribution < -0.4 is 5.32 Å². The topological polar surface area (TPSA) is 52.5 Å². The third-order valence-corrected chi connectivity index (χ3v) is 3.10. The fourth-order valence-electron chi connectivity index (χ4n) is 1.53. The van der Waals surface area contributed by atoms with E-state index in [0.717, 1.165) is 22.0 Å². The molecule has 1 rings (SSSR count). The van der Waals surface area contributed by atoms with Crippen LogP contribution in [-0.4, -0.2) is 22.9 Å². The molecule has 0 heterocycles. The molecule has 0 spiro atoms. The summed E-state index contributed by atoms with van der Waals surface area (Å²) >= 11 is 3.40. The minimum atomic E-state index is 0.0821. The normalized spacial score (nSPS) is 12.8. The lowest BCUT2D eigenvalue weighted by Gasteiger charge is -2.15. The standard InChI is InChI=1S/C12H18BrNO2/c1-3-11(7-15)14-6-9-5-10(13)4-8(2)12(9)16/h4-5,11,14-16H,3,6-7H2,1-2H3/t11-/m1/s1. The smallest absolute Gasteiger partial charge is 0.123 e. The summed E-state index contributed by atoms with van der Waals surface area (Å²) in [7, 11) is 0. The Labute approximate surface area is 105 Å². The molecule has 0 amide bonds. The highest BCUT2D eigenvalue weighted by Crippen LogP contribution is 2.26. The molecule has 0 aliphatic carbocycles. The number of aromatic hydroxyl groups is 1. The third kappa shape index (κ3) is 3.47. The van der Waals surface area contributed by atoms with Crippen LogP contribution in [0.2, 0.25) is 0 Å². The van der Waals surface area contributed by atoms with E-state index in [1.54, 1.807) is 0 Å². The van der Waals surface area contributed by atoms with Crippen LogP contribution in [0.4, 0.5) is 0 Å². The zero-order valence-electron chi connectivity index (χ0n) is 9.63. The van der Waals surface area contributed by atoms with Crippen LogP contribution in [-0.2, 0) is 6.54 Å². The number of aliphatic hydroxyl groups is 1. The van der Waals surface area contributed by atoms with Gasteiger partial charge in [0, 0.05) is 22.6 Å². The Kier molecular flexibility index (Phi) is 5.25. The summed E-state index contributed by atoms with van der Waals surface area (Å²) < 4.78 is 0.955. The maximum absolute atomic E-state index is 9.86. The summed E-state index contributed by atoms with van der Waals surface area (Å²) in [6, 6.07) is 3.85. The predicted octanol–water partition coefficient (Wildman–Crippen LogP) is 2.32. The van der Waals surface area contributed by atoms with E-state index in [0.29, 0.717) is 12.3 Å². The second-order valence-corrected chi connectivity index (χ2v) is 4.81. The van der Waals surface area contributed by atoms with E-state index in [1.165, 1.54) is 0 Å². The van der Waals surface area contributed by atoms with Crippen molar-refractivity contribution in [3.05, 3.63) is 27.7 Å². The van der Waals surface area contributed by atoms with Crippen LogP contribution in [0.15, 0.2) is 16.6 Å². The Bertz CT molecular complexity index is 351. The van der Waals surface area contributed by atoms with Gasteiger partial charge in [0.15, 0.2) is 0 Å². The lowest BCUT2D eigenvalue weighted by atomic mass is 10.1. The highest BCUT2D eigenvalue weighted by molar-refractivity contribution is 9.10. The number of hydrogen-bond acceptors (Lipinski definition) is 3. The van der Waals surface area contributed by atoms with E-state index in [2.05, 4.69) is 21.2 Å². The van der Waals surface area contributed by atoms with Gasteiger partial charge >= 0.3 is 0 Å². The molecule has 0 radical (unpaired) electrons. The number of phenols is 1. The fourth-order valence-corrected chi connectivity index (χ4v) is 2.15. The predicted molar refractivity (Wildman–Crippen MR) is 68.5 cm³/mol. The van der Waals surface area contributed by atoms with Gasteiger partial charge < -0.3 is 15.5 Å². The van der Waals surface area contributed by atoms with Crippen molar-refractivity contribution in [1.82, 2.24) is 5.32 Å². The molecule has 0 unspecified atom stereocenters. The highest BCUT2D eigenvalue weighted by atomic mass is 79.9. The number of benzene rings is 1. The van der Waals surface area contributed by atoms with Gasteiger partial charge in [-0.3, -0.25) is 0 Å². The summed E-state index contributed by atoms with van der Waals surface area (Å²) in [6.07, 6.45) is 0.865. The Morgan fingerprint density at radius 1 is 1.44 bits per heavy atom. The average Bonchev–Trinajstić information content (AvgIpc) is 2.26. The third-order valence-electron chi connectivity index (χ3n) is 2.64. The number of rotatable bonds is 5. The van der Waals surface area contributed by atoms with Crippen molar-refractivity contribution in [2.75, 3.05) is 6.61 Å². The number of hydrogen-bond donors (Lipinski definition) is 3. The van der Waals surface area contributed by atoms with Crippen molar-refractivity contribution in [1.29, 1.82) is 0 Å². The number of nitrogens with one attached hydrogen (secondary N) is 1. The van der Waals surface area contributed by atoms with E-state index >= 15 is 0 Å². The van der Waals surface area contributed by atoms with Gasteiger partial charge in [-0.15, -0.1) is 0 Å². The first kappa shape index (κ1) is 13.5. The van der Waals surface area contributed by atoms with Crippen molar-refractivity contribution in [2.45, 2.75) is 32.9 Å². The van der Waals surface area contributed by atoms with Crippen LogP contribution in [0.3, 0.4) is 0 Å². The van der Waals surface area contributed by atoms with Gasteiger partial charge in [0.05, 0.1) is 6.61 Å². The van der Waals surface area contributed by atoms with Gasteiger partial charge in [-0.25, -0.2) is 0 Å². The molecule has 0 aliphatic rings. The van der Waals surface area contributed by atoms with Crippen LogP contribution >= 0.6 is 15.9 Å². The highest BCUT2D eigenvalue weighted by Gasteiger charge is 2.08. The van der Waals surface area contributed by atoms with E-state index in [9.17, 15) is 5.11 Å². The summed E-state index contributed by atoms with van der Waals surface area (Å²) in [4.78, 5) is 0. The number of aliphatic hydroxyl groups excluding tert-OH is 1. The quantitative estimate of drug-likeness (QED) is 0.779. The number of phenolic OH excluding ortho intramolecular Hbond substituents is 1. The van der Waals surface area contributed by atoms with Crippen LogP contribution in [0.5, 0.6) is 5.75 Å². The molecule has 0 aliphatic heterocycles. The molecule has 3 nitrogen and oxygen atoms in total. The van der Waals surface area contributed by atoms with Crippen molar-refractivity contribution >= 4 is 15.9 Å². The molecule has 0 saturated carbocycles. The molecule has 16 heavy (non-hydrogen) atoms. The second-order valence-electron chi connectivity index (χ2n) is 3.90. The van der Waals surface area contributed by atoms with Gasteiger partial charge in [0.25, 0.3) is 0 Å². The SMILES string of the molecule is CC[C@H](CO)NCc1cc(Br)cc(C)c1O. The Morgan fingerprint density at radius 2 is 2.12 bits per heavy atom.